The zero-order chi connectivity index (χ0) is 20.8. The molecular weight excluding hydrogens is 368 g/mol. The fourth-order valence-electron chi connectivity index (χ4n) is 2.85. The molecule has 29 heavy (non-hydrogen) atoms. The normalized spacial score (nSPS) is 11.7. The SMILES string of the molecule is CC(C)C[C@@H](NC(=O)c1cnc(-c2cccnn2)nc1O)c1ccc(C#N)cc1. The van der Waals surface area contributed by atoms with Crippen LogP contribution in [-0.4, -0.2) is 31.2 Å². The van der Waals surface area contributed by atoms with Gasteiger partial charge in [0.1, 0.15) is 11.3 Å². The summed E-state index contributed by atoms with van der Waals surface area (Å²) in [4.78, 5) is 20.9. The number of nitrogens with one attached hydrogen (secondary N) is 1. The van der Waals surface area contributed by atoms with Crippen LogP contribution in [-0.2, 0) is 0 Å². The molecule has 2 aromatic heterocycles. The number of carbonyl (C=O) groups is 1. The summed E-state index contributed by atoms with van der Waals surface area (Å²) >= 11 is 0. The van der Waals surface area contributed by atoms with E-state index < -0.39 is 11.8 Å². The quantitative estimate of drug-likeness (QED) is 0.665. The van der Waals surface area contributed by atoms with Gasteiger partial charge in [-0.25, -0.2) is 4.98 Å². The molecular formula is C21H20N6O2. The highest BCUT2D eigenvalue weighted by atomic mass is 16.3. The molecule has 2 heterocycles. The average molecular weight is 388 g/mol. The fourth-order valence-corrected chi connectivity index (χ4v) is 2.85. The first-order valence-electron chi connectivity index (χ1n) is 9.13. The van der Waals surface area contributed by atoms with Crippen molar-refractivity contribution >= 4 is 5.91 Å². The van der Waals surface area contributed by atoms with Gasteiger partial charge in [0.2, 0.25) is 5.88 Å². The van der Waals surface area contributed by atoms with Gasteiger partial charge < -0.3 is 10.4 Å². The summed E-state index contributed by atoms with van der Waals surface area (Å²) in [6, 6.07) is 12.2. The van der Waals surface area contributed by atoms with E-state index in [2.05, 4.69) is 45.4 Å². The van der Waals surface area contributed by atoms with Crippen molar-refractivity contribution in [2.45, 2.75) is 26.3 Å². The summed E-state index contributed by atoms with van der Waals surface area (Å²) in [6.07, 6.45) is 3.48. The van der Waals surface area contributed by atoms with E-state index in [-0.39, 0.29) is 17.4 Å². The van der Waals surface area contributed by atoms with Crippen LogP contribution in [0, 0.1) is 17.2 Å². The van der Waals surface area contributed by atoms with Gasteiger partial charge in [-0.2, -0.15) is 15.3 Å². The number of rotatable bonds is 6. The van der Waals surface area contributed by atoms with E-state index >= 15 is 0 Å². The molecule has 1 amide bonds. The molecule has 0 spiro atoms. The van der Waals surface area contributed by atoms with Crippen molar-refractivity contribution < 1.29 is 9.90 Å². The lowest BCUT2D eigenvalue weighted by Crippen LogP contribution is -2.30. The molecule has 0 saturated heterocycles. The molecule has 0 aliphatic carbocycles. The smallest absolute Gasteiger partial charge is 0.258 e. The summed E-state index contributed by atoms with van der Waals surface area (Å²) in [5.74, 6) is -0.415. The van der Waals surface area contributed by atoms with E-state index in [1.807, 2.05) is 12.1 Å². The molecule has 8 nitrogen and oxygen atoms in total. The Bertz CT molecular complexity index is 1030. The summed E-state index contributed by atoms with van der Waals surface area (Å²) in [6.45, 7) is 4.11. The summed E-state index contributed by atoms with van der Waals surface area (Å²) in [5, 5.41) is 29.8. The molecule has 0 saturated carbocycles. The highest BCUT2D eigenvalue weighted by Crippen LogP contribution is 2.24. The van der Waals surface area contributed by atoms with Gasteiger partial charge >= 0.3 is 0 Å². The van der Waals surface area contributed by atoms with E-state index in [1.54, 1.807) is 24.3 Å². The lowest BCUT2D eigenvalue weighted by Gasteiger charge is -2.21. The third kappa shape index (κ3) is 4.90. The first kappa shape index (κ1) is 19.9. The fraction of sp³-hybridized carbons (Fsp3) is 0.238. The van der Waals surface area contributed by atoms with Gasteiger partial charge in [-0.05, 0) is 42.2 Å². The molecule has 3 rings (SSSR count). The molecule has 146 valence electrons. The van der Waals surface area contributed by atoms with E-state index in [4.69, 9.17) is 5.26 Å². The van der Waals surface area contributed by atoms with E-state index in [9.17, 15) is 9.90 Å². The maximum Gasteiger partial charge on any atom is 0.258 e. The second-order valence-corrected chi connectivity index (χ2v) is 6.93. The number of amides is 1. The van der Waals surface area contributed by atoms with Crippen molar-refractivity contribution in [2.24, 2.45) is 5.92 Å². The maximum atomic E-state index is 12.8. The predicted molar refractivity (Wildman–Crippen MR) is 106 cm³/mol. The van der Waals surface area contributed by atoms with Crippen molar-refractivity contribution in [3.8, 4) is 23.5 Å². The highest BCUT2D eigenvalue weighted by Gasteiger charge is 2.21. The molecule has 0 aliphatic rings. The number of nitriles is 1. The largest absolute Gasteiger partial charge is 0.493 e. The molecule has 0 aliphatic heterocycles. The molecule has 2 N–H and O–H groups in total. The Labute approximate surface area is 168 Å². The van der Waals surface area contributed by atoms with Crippen LogP contribution in [0.2, 0.25) is 0 Å². The van der Waals surface area contributed by atoms with Gasteiger partial charge in [0.15, 0.2) is 5.82 Å². The average Bonchev–Trinajstić information content (AvgIpc) is 2.73. The summed E-state index contributed by atoms with van der Waals surface area (Å²) in [5.41, 5.74) is 1.79. The molecule has 0 unspecified atom stereocenters. The molecule has 0 bridgehead atoms. The van der Waals surface area contributed by atoms with Crippen molar-refractivity contribution in [1.29, 1.82) is 5.26 Å². The zero-order valence-corrected chi connectivity index (χ0v) is 16.1. The molecule has 1 atom stereocenters. The topological polar surface area (TPSA) is 125 Å². The monoisotopic (exact) mass is 388 g/mol. The Hall–Kier alpha value is -3.86. The number of benzene rings is 1. The first-order chi connectivity index (χ1) is 14.0. The van der Waals surface area contributed by atoms with E-state index in [0.29, 0.717) is 23.6 Å². The number of aromatic hydroxyl groups is 1. The van der Waals surface area contributed by atoms with Crippen molar-refractivity contribution in [1.82, 2.24) is 25.5 Å². The number of carbonyl (C=O) groups excluding carboxylic acids is 1. The van der Waals surface area contributed by atoms with E-state index in [1.165, 1.54) is 12.4 Å². The van der Waals surface area contributed by atoms with Crippen LogP contribution in [0.5, 0.6) is 5.88 Å². The van der Waals surface area contributed by atoms with E-state index in [0.717, 1.165) is 5.56 Å². The Morgan fingerprint density at radius 2 is 2.00 bits per heavy atom. The van der Waals surface area contributed by atoms with Gasteiger partial charge in [-0.3, -0.25) is 4.79 Å². The number of hydrogen-bond acceptors (Lipinski definition) is 7. The lowest BCUT2D eigenvalue weighted by atomic mass is 9.96. The third-order valence-electron chi connectivity index (χ3n) is 4.27. The molecule has 0 radical (unpaired) electrons. The van der Waals surface area contributed by atoms with Crippen molar-refractivity contribution in [3.63, 3.8) is 0 Å². The van der Waals surface area contributed by atoms with Crippen molar-refractivity contribution in [3.05, 3.63) is 65.5 Å². The maximum absolute atomic E-state index is 12.8. The number of nitrogens with zero attached hydrogens (tertiary/aromatic N) is 5. The van der Waals surface area contributed by atoms with Gasteiger partial charge in [-0.15, -0.1) is 5.10 Å². The minimum absolute atomic E-state index is 0.0277. The van der Waals surface area contributed by atoms with Crippen LogP contribution in [0.1, 0.15) is 47.8 Å². The van der Waals surface area contributed by atoms with Gasteiger partial charge in [0.05, 0.1) is 17.7 Å². The molecule has 3 aromatic rings. The van der Waals surface area contributed by atoms with Gasteiger partial charge in [0, 0.05) is 12.4 Å². The standard InChI is InChI=1S/C21H20N6O2/c1-13(2)10-18(15-7-5-14(11-22)6-8-15)25-20(28)16-12-23-19(26-21(16)29)17-4-3-9-24-27-17/h3-9,12-13,18H,10H2,1-2H3,(H,25,28)(H,23,26,29)/t18-/m1/s1. The molecule has 1 aromatic carbocycles. The Morgan fingerprint density at radius 3 is 2.59 bits per heavy atom. The Balaban J connectivity index is 1.82. The Morgan fingerprint density at radius 1 is 1.24 bits per heavy atom. The Kier molecular flexibility index (Phi) is 6.09. The minimum Gasteiger partial charge on any atom is -0.493 e. The second kappa shape index (κ2) is 8.89. The highest BCUT2D eigenvalue weighted by molar-refractivity contribution is 5.96. The lowest BCUT2D eigenvalue weighted by molar-refractivity contribution is 0.0928. The second-order valence-electron chi connectivity index (χ2n) is 6.93. The molecule has 0 fully saturated rings. The zero-order valence-electron chi connectivity index (χ0n) is 16.1. The van der Waals surface area contributed by atoms with Crippen LogP contribution in [0.3, 0.4) is 0 Å². The first-order valence-corrected chi connectivity index (χ1v) is 9.13. The minimum atomic E-state index is -0.483. The van der Waals surface area contributed by atoms with Gasteiger partial charge in [0.25, 0.3) is 5.91 Å². The predicted octanol–water partition coefficient (Wildman–Crippen LogP) is 3.03. The van der Waals surface area contributed by atoms with Crippen LogP contribution in [0.4, 0.5) is 0 Å². The number of hydrogen-bond donors (Lipinski definition) is 2. The summed E-state index contributed by atoms with van der Waals surface area (Å²) in [7, 11) is 0. The third-order valence-corrected chi connectivity index (χ3v) is 4.27. The van der Waals surface area contributed by atoms with Crippen LogP contribution < -0.4 is 5.32 Å². The van der Waals surface area contributed by atoms with Crippen LogP contribution >= 0.6 is 0 Å². The van der Waals surface area contributed by atoms with Gasteiger partial charge in [-0.1, -0.05) is 26.0 Å². The number of aromatic nitrogens is 4. The molecule has 8 heteroatoms. The van der Waals surface area contributed by atoms with Crippen LogP contribution in [0.15, 0.2) is 48.8 Å². The van der Waals surface area contributed by atoms with Crippen LogP contribution in [0.25, 0.3) is 11.5 Å². The summed E-state index contributed by atoms with van der Waals surface area (Å²) < 4.78 is 0. The van der Waals surface area contributed by atoms with Crippen molar-refractivity contribution in [2.75, 3.05) is 0 Å².